The average molecular weight is 328 g/mol. The Bertz CT molecular complexity index is 604. The van der Waals surface area contributed by atoms with Gasteiger partial charge in [-0.1, -0.05) is 6.07 Å². The second kappa shape index (κ2) is 5.63. The van der Waals surface area contributed by atoms with Gasteiger partial charge >= 0.3 is 6.09 Å². The fourth-order valence-corrected chi connectivity index (χ4v) is 2.59. The van der Waals surface area contributed by atoms with E-state index in [0.717, 1.165) is 0 Å². The highest BCUT2D eigenvalue weighted by molar-refractivity contribution is 5.87. The SMILES string of the molecule is COc1cc(C2(N)CC(F)(F)C2)ccc1NC(=O)OC(C)(C)C. The number of methoxy groups -OCH3 is 1. The summed E-state index contributed by atoms with van der Waals surface area (Å²) in [4.78, 5) is 11.8. The van der Waals surface area contributed by atoms with Crippen LogP contribution in [0.2, 0.25) is 0 Å². The molecule has 1 aliphatic rings. The molecule has 7 heteroatoms. The Balaban J connectivity index is 2.16. The second-order valence-corrected chi connectivity index (χ2v) is 6.91. The van der Waals surface area contributed by atoms with E-state index in [-0.39, 0.29) is 0 Å². The van der Waals surface area contributed by atoms with Crippen LogP contribution in [0.25, 0.3) is 0 Å². The summed E-state index contributed by atoms with van der Waals surface area (Å²) in [6, 6.07) is 4.76. The average Bonchev–Trinajstić information content (AvgIpc) is 2.34. The van der Waals surface area contributed by atoms with Crippen LogP contribution in [0.4, 0.5) is 19.3 Å². The minimum absolute atomic E-state index is 0.341. The van der Waals surface area contributed by atoms with Crippen LogP contribution in [0, 0.1) is 0 Å². The quantitative estimate of drug-likeness (QED) is 0.889. The molecule has 0 radical (unpaired) electrons. The predicted octanol–water partition coefficient (Wildman–Crippen LogP) is 3.63. The standard InChI is InChI=1S/C16H22F2N2O3/c1-14(2,3)23-13(21)20-11-6-5-10(7-12(11)22-4)15(19)8-16(17,18)9-15/h5-7H,8-9,19H2,1-4H3,(H,20,21). The van der Waals surface area contributed by atoms with E-state index >= 15 is 0 Å². The Morgan fingerprint density at radius 3 is 2.39 bits per heavy atom. The first-order valence-corrected chi connectivity index (χ1v) is 7.29. The molecule has 0 aromatic heterocycles. The van der Waals surface area contributed by atoms with Crippen molar-refractivity contribution < 1.29 is 23.0 Å². The monoisotopic (exact) mass is 328 g/mol. The van der Waals surface area contributed by atoms with Crippen LogP contribution >= 0.6 is 0 Å². The van der Waals surface area contributed by atoms with Crippen LogP contribution in [0.5, 0.6) is 5.75 Å². The molecule has 2 rings (SSSR count). The van der Waals surface area contributed by atoms with Crippen molar-refractivity contribution in [3.63, 3.8) is 0 Å². The molecule has 0 atom stereocenters. The van der Waals surface area contributed by atoms with Crippen LogP contribution in [-0.4, -0.2) is 24.7 Å². The van der Waals surface area contributed by atoms with Crippen LogP contribution in [0.3, 0.4) is 0 Å². The van der Waals surface area contributed by atoms with E-state index < -0.39 is 36.0 Å². The number of nitrogens with one attached hydrogen (secondary N) is 1. The molecule has 0 aliphatic heterocycles. The normalized spacial score (nSPS) is 18.7. The summed E-state index contributed by atoms with van der Waals surface area (Å²) in [7, 11) is 1.43. The number of halogens is 2. The fourth-order valence-electron chi connectivity index (χ4n) is 2.59. The summed E-state index contributed by atoms with van der Waals surface area (Å²) >= 11 is 0. The minimum Gasteiger partial charge on any atom is -0.495 e. The van der Waals surface area contributed by atoms with Crippen molar-refractivity contribution in [1.29, 1.82) is 0 Å². The van der Waals surface area contributed by atoms with Crippen LogP contribution in [-0.2, 0) is 10.3 Å². The highest BCUT2D eigenvalue weighted by atomic mass is 19.3. The van der Waals surface area contributed by atoms with Gasteiger partial charge in [-0.25, -0.2) is 13.6 Å². The van der Waals surface area contributed by atoms with Gasteiger partial charge in [0.2, 0.25) is 0 Å². The van der Waals surface area contributed by atoms with E-state index in [9.17, 15) is 13.6 Å². The molecule has 5 nitrogen and oxygen atoms in total. The van der Waals surface area contributed by atoms with Crippen molar-refractivity contribution in [2.75, 3.05) is 12.4 Å². The zero-order valence-corrected chi connectivity index (χ0v) is 13.7. The maximum absolute atomic E-state index is 13.1. The van der Waals surface area contributed by atoms with Crippen LogP contribution in [0.15, 0.2) is 18.2 Å². The molecule has 3 N–H and O–H groups in total. The van der Waals surface area contributed by atoms with E-state index in [1.165, 1.54) is 7.11 Å². The third kappa shape index (κ3) is 4.10. The second-order valence-electron chi connectivity index (χ2n) is 6.91. The minimum atomic E-state index is -2.73. The molecule has 1 aliphatic carbocycles. The highest BCUT2D eigenvalue weighted by Gasteiger charge is 2.55. The maximum Gasteiger partial charge on any atom is 0.412 e. The lowest BCUT2D eigenvalue weighted by Gasteiger charge is -2.45. The Morgan fingerprint density at radius 2 is 1.91 bits per heavy atom. The number of nitrogens with two attached hydrogens (primary N) is 1. The van der Waals surface area contributed by atoms with Crippen molar-refractivity contribution in [3.8, 4) is 5.75 Å². The van der Waals surface area contributed by atoms with Crippen molar-refractivity contribution in [2.45, 2.75) is 50.7 Å². The lowest BCUT2D eigenvalue weighted by atomic mass is 9.70. The van der Waals surface area contributed by atoms with Gasteiger partial charge < -0.3 is 15.2 Å². The Hall–Kier alpha value is -1.89. The number of anilines is 1. The Labute approximate surface area is 134 Å². The highest BCUT2D eigenvalue weighted by Crippen LogP contribution is 2.50. The molecule has 1 aromatic carbocycles. The summed E-state index contributed by atoms with van der Waals surface area (Å²) in [6.45, 7) is 5.26. The summed E-state index contributed by atoms with van der Waals surface area (Å²) < 4.78 is 36.6. The number of carbonyl (C=O) groups is 1. The van der Waals surface area contributed by atoms with Gasteiger partial charge in [0.05, 0.1) is 18.3 Å². The molecule has 1 aromatic rings. The topological polar surface area (TPSA) is 73.6 Å². The number of hydrogen-bond donors (Lipinski definition) is 2. The number of alkyl halides is 2. The molecule has 0 saturated heterocycles. The zero-order valence-electron chi connectivity index (χ0n) is 13.7. The molecule has 0 unspecified atom stereocenters. The van der Waals surface area contributed by atoms with Crippen molar-refractivity contribution >= 4 is 11.8 Å². The fraction of sp³-hybridized carbons (Fsp3) is 0.562. The summed E-state index contributed by atoms with van der Waals surface area (Å²) in [5.74, 6) is -2.39. The number of amides is 1. The van der Waals surface area contributed by atoms with Gasteiger partial charge in [-0.05, 0) is 38.5 Å². The van der Waals surface area contributed by atoms with Crippen molar-refractivity contribution in [1.82, 2.24) is 0 Å². The molecule has 1 amide bonds. The molecule has 128 valence electrons. The van der Waals surface area contributed by atoms with Crippen LogP contribution in [0.1, 0.15) is 39.2 Å². The number of rotatable bonds is 3. The molecular weight excluding hydrogens is 306 g/mol. The lowest BCUT2D eigenvalue weighted by molar-refractivity contribution is -0.125. The molecule has 0 spiro atoms. The number of benzene rings is 1. The molecule has 0 bridgehead atoms. The van der Waals surface area contributed by atoms with E-state index in [2.05, 4.69) is 5.32 Å². The largest absolute Gasteiger partial charge is 0.495 e. The van der Waals surface area contributed by atoms with Gasteiger partial charge in [0, 0.05) is 12.8 Å². The third-order valence-corrected chi connectivity index (χ3v) is 3.56. The Morgan fingerprint density at radius 1 is 1.30 bits per heavy atom. The first-order valence-electron chi connectivity index (χ1n) is 7.29. The summed E-state index contributed by atoms with van der Waals surface area (Å²) in [5, 5.41) is 2.57. The van der Waals surface area contributed by atoms with Gasteiger partial charge in [0.25, 0.3) is 5.92 Å². The Kier molecular flexibility index (Phi) is 4.28. The van der Waals surface area contributed by atoms with E-state index in [1.807, 2.05) is 0 Å². The smallest absolute Gasteiger partial charge is 0.412 e. The van der Waals surface area contributed by atoms with Crippen LogP contribution < -0.4 is 15.8 Å². The number of ether oxygens (including phenoxy) is 2. The van der Waals surface area contributed by atoms with E-state index in [0.29, 0.717) is 17.0 Å². The van der Waals surface area contributed by atoms with Crippen molar-refractivity contribution in [2.24, 2.45) is 5.73 Å². The van der Waals surface area contributed by atoms with Gasteiger partial charge in [0.15, 0.2) is 0 Å². The maximum atomic E-state index is 13.1. The molecule has 23 heavy (non-hydrogen) atoms. The van der Waals surface area contributed by atoms with Gasteiger partial charge in [-0.3, -0.25) is 5.32 Å². The van der Waals surface area contributed by atoms with E-state index in [1.54, 1.807) is 39.0 Å². The predicted molar refractivity (Wildman–Crippen MR) is 82.9 cm³/mol. The number of hydrogen-bond acceptors (Lipinski definition) is 4. The first kappa shape index (κ1) is 17.5. The first-order chi connectivity index (χ1) is 10.4. The number of carbonyl (C=O) groups excluding carboxylic acids is 1. The molecule has 1 fully saturated rings. The third-order valence-electron chi connectivity index (χ3n) is 3.56. The van der Waals surface area contributed by atoms with Gasteiger partial charge in [0.1, 0.15) is 11.4 Å². The van der Waals surface area contributed by atoms with E-state index in [4.69, 9.17) is 15.2 Å². The van der Waals surface area contributed by atoms with Crippen molar-refractivity contribution in [3.05, 3.63) is 23.8 Å². The zero-order chi connectivity index (χ0) is 17.5. The van der Waals surface area contributed by atoms with Gasteiger partial charge in [-0.15, -0.1) is 0 Å². The molecule has 0 heterocycles. The molecular formula is C16H22F2N2O3. The summed E-state index contributed by atoms with van der Waals surface area (Å²) in [6.07, 6.45) is -1.43. The lowest BCUT2D eigenvalue weighted by Crippen LogP contribution is -2.55. The summed E-state index contributed by atoms with van der Waals surface area (Å²) in [5.41, 5.74) is 5.25. The van der Waals surface area contributed by atoms with Gasteiger partial charge in [-0.2, -0.15) is 0 Å². The molecule has 1 saturated carbocycles.